The molecule has 0 bridgehead atoms. The van der Waals surface area contributed by atoms with Crippen molar-refractivity contribution in [2.75, 3.05) is 11.9 Å². The van der Waals surface area contributed by atoms with Gasteiger partial charge in [-0.25, -0.2) is 4.98 Å². The minimum absolute atomic E-state index is 0.947. The maximum absolute atomic E-state index is 4.08. The molecule has 0 spiro atoms. The highest BCUT2D eigenvalue weighted by atomic mass is 32.1. The standard InChI is InChI=1S/C12H23N3S/c1-2-3-4-5-6-7-8-9-10-13-12-14-11-15-16-12/h11H,2-10H2,1H3,(H,13,14,15). The molecule has 1 heterocycles. The van der Waals surface area contributed by atoms with Crippen molar-refractivity contribution in [2.45, 2.75) is 58.3 Å². The first-order valence-electron chi connectivity index (χ1n) is 6.44. The van der Waals surface area contributed by atoms with Crippen molar-refractivity contribution in [2.24, 2.45) is 0 Å². The van der Waals surface area contributed by atoms with Crippen LogP contribution in [0.2, 0.25) is 0 Å². The fourth-order valence-corrected chi connectivity index (χ4v) is 2.16. The van der Waals surface area contributed by atoms with E-state index in [1.165, 1.54) is 62.9 Å². The van der Waals surface area contributed by atoms with Crippen molar-refractivity contribution >= 4 is 16.7 Å². The third kappa shape index (κ3) is 6.77. The molecule has 4 heteroatoms. The van der Waals surface area contributed by atoms with E-state index in [0.29, 0.717) is 0 Å². The maximum Gasteiger partial charge on any atom is 0.202 e. The molecule has 1 aromatic heterocycles. The SMILES string of the molecule is CCCCCCCCCCNc1ncns1. The molecule has 3 nitrogen and oxygen atoms in total. The van der Waals surface area contributed by atoms with Crippen molar-refractivity contribution in [3.05, 3.63) is 6.33 Å². The van der Waals surface area contributed by atoms with E-state index in [4.69, 9.17) is 0 Å². The van der Waals surface area contributed by atoms with Crippen molar-refractivity contribution in [3.8, 4) is 0 Å². The summed E-state index contributed by atoms with van der Waals surface area (Å²) in [5.74, 6) is 0. The summed E-state index contributed by atoms with van der Waals surface area (Å²) >= 11 is 1.43. The van der Waals surface area contributed by atoms with Gasteiger partial charge in [0.2, 0.25) is 5.13 Å². The molecule has 0 saturated carbocycles. The molecule has 0 aromatic carbocycles. The van der Waals surface area contributed by atoms with Crippen molar-refractivity contribution in [1.29, 1.82) is 0 Å². The minimum Gasteiger partial charge on any atom is -0.360 e. The van der Waals surface area contributed by atoms with Gasteiger partial charge in [-0.05, 0) is 6.42 Å². The quantitative estimate of drug-likeness (QED) is 0.627. The van der Waals surface area contributed by atoms with Crippen LogP contribution in [0.3, 0.4) is 0 Å². The Kier molecular flexibility index (Phi) is 8.04. The summed E-state index contributed by atoms with van der Waals surface area (Å²) in [5, 5.41) is 4.23. The third-order valence-electron chi connectivity index (χ3n) is 2.67. The molecule has 0 aliphatic carbocycles. The van der Waals surface area contributed by atoms with Crippen LogP contribution in [0.15, 0.2) is 6.33 Å². The number of hydrogen-bond donors (Lipinski definition) is 1. The van der Waals surface area contributed by atoms with Crippen LogP contribution in [0.4, 0.5) is 5.13 Å². The highest BCUT2D eigenvalue weighted by Gasteiger charge is 1.94. The summed E-state index contributed by atoms with van der Waals surface area (Å²) < 4.78 is 3.95. The van der Waals surface area contributed by atoms with Crippen LogP contribution in [0.1, 0.15) is 58.3 Å². The number of aromatic nitrogens is 2. The smallest absolute Gasteiger partial charge is 0.202 e. The van der Waals surface area contributed by atoms with E-state index in [2.05, 4.69) is 21.6 Å². The lowest BCUT2D eigenvalue weighted by Gasteiger charge is -2.02. The first kappa shape index (κ1) is 13.4. The second kappa shape index (κ2) is 9.58. The number of nitrogens with one attached hydrogen (secondary N) is 1. The van der Waals surface area contributed by atoms with E-state index >= 15 is 0 Å². The maximum atomic E-state index is 4.08. The molecule has 0 unspecified atom stereocenters. The molecule has 0 aliphatic rings. The van der Waals surface area contributed by atoms with Gasteiger partial charge in [-0.2, -0.15) is 4.37 Å². The Labute approximate surface area is 103 Å². The summed E-state index contributed by atoms with van der Waals surface area (Å²) in [6.45, 7) is 3.29. The van der Waals surface area contributed by atoms with Crippen LogP contribution in [0.25, 0.3) is 0 Å². The van der Waals surface area contributed by atoms with Crippen molar-refractivity contribution in [3.63, 3.8) is 0 Å². The van der Waals surface area contributed by atoms with Gasteiger partial charge < -0.3 is 5.32 Å². The molecule has 0 fully saturated rings. The van der Waals surface area contributed by atoms with Crippen molar-refractivity contribution in [1.82, 2.24) is 9.36 Å². The number of rotatable bonds is 10. The minimum atomic E-state index is 0.947. The molecule has 1 aromatic rings. The molecule has 0 radical (unpaired) electrons. The zero-order chi connectivity index (χ0) is 11.5. The molecule has 0 saturated heterocycles. The summed E-state index contributed by atoms with van der Waals surface area (Å²) in [5.41, 5.74) is 0. The van der Waals surface area contributed by atoms with Crippen LogP contribution in [-0.4, -0.2) is 15.9 Å². The zero-order valence-electron chi connectivity index (χ0n) is 10.2. The van der Waals surface area contributed by atoms with Crippen LogP contribution < -0.4 is 5.32 Å². The molecule has 16 heavy (non-hydrogen) atoms. The van der Waals surface area contributed by atoms with Gasteiger partial charge in [-0.15, -0.1) is 0 Å². The predicted octanol–water partition coefficient (Wildman–Crippen LogP) is 4.09. The fraction of sp³-hybridized carbons (Fsp3) is 0.833. The molecular formula is C12H23N3S. The molecular weight excluding hydrogens is 218 g/mol. The Balaban J connectivity index is 1.78. The number of anilines is 1. The van der Waals surface area contributed by atoms with Crippen LogP contribution in [-0.2, 0) is 0 Å². The number of hydrogen-bond acceptors (Lipinski definition) is 4. The zero-order valence-corrected chi connectivity index (χ0v) is 11.1. The highest BCUT2D eigenvalue weighted by Crippen LogP contribution is 2.10. The lowest BCUT2D eigenvalue weighted by atomic mass is 10.1. The van der Waals surface area contributed by atoms with E-state index < -0.39 is 0 Å². The molecule has 1 rings (SSSR count). The molecule has 0 atom stereocenters. The molecule has 0 aliphatic heterocycles. The van der Waals surface area contributed by atoms with E-state index in [1.54, 1.807) is 6.33 Å². The van der Waals surface area contributed by atoms with Crippen LogP contribution in [0, 0.1) is 0 Å². The molecule has 92 valence electrons. The lowest BCUT2D eigenvalue weighted by molar-refractivity contribution is 0.581. The largest absolute Gasteiger partial charge is 0.360 e. The van der Waals surface area contributed by atoms with E-state index in [9.17, 15) is 0 Å². The summed E-state index contributed by atoms with van der Waals surface area (Å²) in [6.07, 6.45) is 12.5. The summed E-state index contributed by atoms with van der Waals surface area (Å²) in [7, 11) is 0. The van der Waals surface area contributed by atoms with E-state index in [0.717, 1.165) is 11.7 Å². The van der Waals surface area contributed by atoms with Crippen LogP contribution in [0.5, 0.6) is 0 Å². The molecule has 0 amide bonds. The number of unbranched alkanes of at least 4 members (excludes halogenated alkanes) is 7. The summed E-state index contributed by atoms with van der Waals surface area (Å²) in [6, 6.07) is 0. The number of nitrogens with zero attached hydrogens (tertiary/aromatic N) is 2. The van der Waals surface area contributed by atoms with Gasteiger partial charge in [-0.3, -0.25) is 0 Å². The van der Waals surface area contributed by atoms with E-state index in [-0.39, 0.29) is 0 Å². The second-order valence-electron chi connectivity index (χ2n) is 4.15. The third-order valence-corrected chi connectivity index (χ3v) is 3.29. The normalized spacial score (nSPS) is 10.6. The van der Waals surface area contributed by atoms with Crippen LogP contribution >= 0.6 is 11.5 Å². The van der Waals surface area contributed by atoms with Gasteiger partial charge in [0.05, 0.1) is 0 Å². The monoisotopic (exact) mass is 241 g/mol. The van der Waals surface area contributed by atoms with Gasteiger partial charge in [0.25, 0.3) is 0 Å². The highest BCUT2D eigenvalue weighted by molar-refractivity contribution is 7.09. The van der Waals surface area contributed by atoms with Crippen molar-refractivity contribution < 1.29 is 0 Å². The molecule has 1 N–H and O–H groups in total. The Morgan fingerprint density at radius 2 is 1.75 bits per heavy atom. The Hall–Kier alpha value is -0.640. The topological polar surface area (TPSA) is 37.8 Å². The lowest BCUT2D eigenvalue weighted by Crippen LogP contribution is -2.00. The van der Waals surface area contributed by atoms with Gasteiger partial charge in [-0.1, -0.05) is 51.9 Å². The Morgan fingerprint density at radius 1 is 1.06 bits per heavy atom. The predicted molar refractivity (Wildman–Crippen MR) is 71.0 cm³/mol. The average molecular weight is 241 g/mol. The van der Waals surface area contributed by atoms with Gasteiger partial charge in [0.1, 0.15) is 6.33 Å². The van der Waals surface area contributed by atoms with Gasteiger partial charge in [0, 0.05) is 18.1 Å². The average Bonchev–Trinajstić information content (AvgIpc) is 2.80. The second-order valence-corrected chi connectivity index (χ2v) is 4.93. The Bertz CT molecular complexity index is 236. The first-order chi connectivity index (χ1) is 7.93. The fourth-order valence-electron chi connectivity index (χ4n) is 1.71. The van der Waals surface area contributed by atoms with Gasteiger partial charge >= 0.3 is 0 Å². The first-order valence-corrected chi connectivity index (χ1v) is 7.21. The van der Waals surface area contributed by atoms with Gasteiger partial charge in [0.15, 0.2) is 0 Å². The Morgan fingerprint density at radius 3 is 2.38 bits per heavy atom. The van der Waals surface area contributed by atoms with E-state index in [1.807, 2.05) is 0 Å². The summed E-state index contributed by atoms with van der Waals surface area (Å²) in [4.78, 5) is 4.08.